The van der Waals surface area contributed by atoms with Crippen LogP contribution in [-0.2, 0) is 11.3 Å². The Labute approximate surface area is 201 Å². The van der Waals surface area contributed by atoms with Crippen molar-refractivity contribution >= 4 is 22.6 Å². The van der Waals surface area contributed by atoms with E-state index in [2.05, 4.69) is 60.9 Å². The highest BCUT2D eigenvalue weighted by molar-refractivity contribution is 5.96. The number of benzene rings is 3. The largest absolute Gasteiger partial charge is 0.494 e. The average molecular weight is 454 g/mol. The lowest BCUT2D eigenvalue weighted by molar-refractivity contribution is -0.117. The minimum absolute atomic E-state index is 0.0872. The Morgan fingerprint density at radius 1 is 0.941 bits per heavy atom. The number of para-hydroxylation sites is 2. The van der Waals surface area contributed by atoms with E-state index in [1.807, 2.05) is 35.2 Å². The minimum Gasteiger partial charge on any atom is -0.494 e. The van der Waals surface area contributed by atoms with E-state index in [0.717, 1.165) is 53.2 Å². The highest BCUT2D eigenvalue weighted by atomic mass is 16.5. The molecule has 1 aliphatic heterocycles. The third-order valence-corrected chi connectivity index (χ3v) is 6.55. The van der Waals surface area contributed by atoms with Crippen molar-refractivity contribution in [1.29, 1.82) is 0 Å². The molecule has 4 aromatic rings. The van der Waals surface area contributed by atoms with Crippen LogP contribution < -0.4 is 9.64 Å². The summed E-state index contributed by atoms with van der Waals surface area (Å²) in [6.07, 6.45) is 2.44. The van der Waals surface area contributed by atoms with Crippen molar-refractivity contribution in [1.82, 2.24) is 9.55 Å². The third-order valence-electron chi connectivity index (χ3n) is 6.55. The van der Waals surface area contributed by atoms with Crippen LogP contribution in [0, 0.1) is 13.8 Å². The third kappa shape index (κ3) is 4.69. The Hall–Kier alpha value is -3.60. The summed E-state index contributed by atoms with van der Waals surface area (Å²) < 4.78 is 8.23. The van der Waals surface area contributed by atoms with Crippen molar-refractivity contribution in [2.24, 2.45) is 0 Å². The standard InChI is InChI=1S/C29H31N3O2/c1-21-12-14-25(15-13-21)34-17-6-5-16-31-27-11-4-3-10-26(27)30-29(31)23-19-28(33)32(20-23)24-9-7-8-22(2)18-24/h3-4,7-15,18,23H,5-6,16-17,19-20H2,1-2H3. The Morgan fingerprint density at radius 3 is 2.59 bits per heavy atom. The van der Waals surface area contributed by atoms with Gasteiger partial charge in [-0.05, 0) is 68.7 Å². The molecule has 0 N–H and O–H groups in total. The second-order valence-corrected chi connectivity index (χ2v) is 9.22. The first-order chi connectivity index (χ1) is 16.6. The van der Waals surface area contributed by atoms with Crippen LogP contribution in [0.2, 0.25) is 0 Å². The molecule has 2 heterocycles. The summed E-state index contributed by atoms with van der Waals surface area (Å²) >= 11 is 0. The number of aryl methyl sites for hydroxylation is 3. The molecule has 1 saturated heterocycles. The summed E-state index contributed by atoms with van der Waals surface area (Å²) in [5, 5.41) is 0. The molecule has 1 aliphatic rings. The van der Waals surface area contributed by atoms with Crippen molar-refractivity contribution in [3.63, 3.8) is 0 Å². The van der Waals surface area contributed by atoms with Crippen molar-refractivity contribution in [2.75, 3.05) is 18.1 Å². The van der Waals surface area contributed by atoms with Gasteiger partial charge in [-0.1, -0.05) is 42.0 Å². The van der Waals surface area contributed by atoms with E-state index in [1.54, 1.807) is 0 Å². The number of carbonyl (C=O) groups is 1. The average Bonchev–Trinajstić information content (AvgIpc) is 3.40. The number of nitrogens with zero attached hydrogens (tertiary/aromatic N) is 3. The summed E-state index contributed by atoms with van der Waals surface area (Å²) in [4.78, 5) is 19.8. The molecule has 1 fully saturated rings. The normalized spacial score (nSPS) is 15.9. The number of unbranched alkanes of at least 4 members (excludes halogenated alkanes) is 1. The topological polar surface area (TPSA) is 47.4 Å². The van der Waals surface area contributed by atoms with E-state index in [4.69, 9.17) is 9.72 Å². The van der Waals surface area contributed by atoms with Crippen molar-refractivity contribution in [3.8, 4) is 5.75 Å². The zero-order chi connectivity index (χ0) is 23.5. The van der Waals surface area contributed by atoms with Crippen molar-refractivity contribution in [3.05, 3.63) is 89.7 Å². The molecule has 1 unspecified atom stereocenters. The predicted octanol–water partition coefficient (Wildman–Crippen LogP) is 6.03. The highest BCUT2D eigenvalue weighted by Gasteiger charge is 2.34. The van der Waals surface area contributed by atoms with Gasteiger partial charge in [0.15, 0.2) is 0 Å². The lowest BCUT2D eigenvalue weighted by Crippen LogP contribution is -2.24. The molecule has 0 radical (unpaired) electrons. The molecule has 174 valence electrons. The van der Waals surface area contributed by atoms with Crippen molar-refractivity contribution < 1.29 is 9.53 Å². The van der Waals surface area contributed by atoms with Gasteiger partial charge in [0.2, 0.25) is 5.91 Å². The molecule has 0 bridgehead atoms. The summed E-state index contributed by atoms with van der Waals surface area (Å²) in [5.74, 6) is 2.19. The maximum atomic E-state index is 12.9. The van der Waals surface area contributed by atoms with Crippen LogP contribution in [0.25, 0.3) is 11.0 Å². The Bertz CT molecular complexity index is 1290. The summed E-state index contributed by atoms with van der Waals surface area (Å²) in [6, 6.07) is 24.6. The van der Waals surface area contributed by atoms with E-state index in [1.165, 1.54) is 5.56 Å². The number of hydrogen-bond acceptors (Lipinski definition) is 3. The summed E-state index contributed by atoms with van der Waals surface area (Å²) in [6.45, 7) is 6.36. The number of aromatic nitrogens is 2. The fourth-order valence-corrected chi connectivity index (χ4v) is 4.76. The molecule has 34 heavy (non-hydrogen) atoms. The first kappa shape index (κ1) is 22.2. The van der Waals surface area contributed by atoms with Gasteiger partial charge in [-0.25, -0.2) is 4.98 Å². The van der Waals surface area contributed by atoms with Gasteiger partial charge >= 0.3 is 0 Å². The van der Waals surface area contributed by atoms with E-state index in [0.29, 0.717) is 19.6 Å². The zero-order valence-electron chi connectivity index (χ0n) is 19.9. The van der Waals surface area contributed by atoms with E-state index >= 15 is 0 Å². The van der Waals surface area contributed by atoms with Gasteiger partial charge in [-0.15, -0.1) is 0 Å². The predicted molar refractivity (Wildman–Crippen MR) is 137 cm³/mol. The first-order valence-electron chi connectivity index (χ1n) is 12.1. The van der Waals surface area contributed by atoms with Crippen LogP contribution in [0.1, 0.15) is 42.1 Å². The van der Waals surface area contributed by atoms with Gasteiger partial charge in [-0.3, -0.25) is 4.79 Å². The van der Waals surface area contributed by atoms with Crippen molar-refractivity contribution in [2.45, 2.75) is 45.6 Å². The SMILES string of the molecule is Cc1ccc(OCCCCn2c(C3CC(=O)N(c4cccc(C)c4)C3)nc3ccccc32)cc1. The fraction of sp³-hybridized carbons (Fsp3) is 0.310. The number of fused-ring (bicyclic) bond motifs is 1. The Balaban J connectivity index is 1.29. The van der Waals surface area contributed by atoms with E-state index < -0.39 is 0 Å². The molecule has 0 aliphatic carbocycles. The molecule has 5 heteroatoms. The zero-order valence-corrected chi connectivity index (χ0v) is 19.9. The number of hydrogen-bond donors (Lipinski definition) is 0. The molecule has 1 aromatic heterocycles. The van der Waals surface area contributed by atoms with Gasteiger partial charge in [0.25, 0.3) is 0 Å². The lowest BCUT2D eigenvalue weighted by atomic mass is 10.1. The van der Waals surface area contributed by atoms with Gasteiger partial charge in [0.05, 0.1) is 17.6 Å². The molecule has 1 atom stereocenters. The first-order valence-corrected chi connectivity index (χ1v) is 12.1. The quantitative estimate of drug-likeness (QED) is 0.306. The minimum atomic E-state index is 0.0872. The molecule has 0 spiro atoms. The smallest absolute Gasteiger partial charge is 0.227 e. The summed E-state index contributed by atoms with van der Waals surface area (Å²) in [7, 11) is 0. The Kier molecular flexibility index (Phi) is 6.35. The fourth-order valence-electron chi connectivity index (χ4n) is 4.76. The molecule has 5 rings (SSSR count). The summed E-state index contributed by atoms with van der Waals surface area (Å²) in [5.41, 5.74) is 5.50. The molecular formula is C29H31N3O2. The van der Waals surface area contributed by atoms with E-state index in [-0.39, 0.29) is 11.8 Å². The molecule has 3 aromatic carbocycles. The monoisotopic (exact) mass is 453 g/mol. The number of amides is 1. The molecule has 5 nitrogen and oxygen atoms in total. The van der Waals surface area contributed by atoms with Crippen LogP contribution in [0.4, 0.5) is 5.69 Å². The van der Waals surface area contributed by atoms with Crippen LogP contribution in [-0.4, -0.2) is 28.6 Å². The number of rotatable bonds is 8. The van der Waals surface area contributed by atoms with Crippen LogP contribution >= 0.6 is 0 Å². The van der Waals surface area contributed by atoms with Gasteiger partial charge < -0.3 is 14.2 Å². The number of anilines is 1. The lowest BCUT2D eigenvalue weighted by Gasteiger charge is -2.18. The van der Waals surface area contributed by atoms with Gasteiger partial charge in [0.1, 0.15) is 11.6 Å². The highest BCUT2D eigenvalue weighted by Crippen LogP contribution is 2.33. The van der Waals surface area contributed by atoms with Crippen LogP contribution in [0.15, 0.2) is 72.8 Å². The van der Waals surface area contributed by atoms with Crippen LogP contribution in [0.5, 0.6) is 5.75 Å². The molecule has 1 amide bonds. The molecule has 0 saturated carbocycles. The number of imidazole rings is 1. The van der Waals surface area contributed by atoms with Gasteiger partial charge in [0, 0.05) is 31.1 Å². The number of ether oxygens (including phenoxy) is 1. The second kappa shape index (κ2) is 9.72. The molecular weight excluding hydrogens is 422 g/mol. The van der Waals surface area contributed by atoms with E-state index in [9.17, 15) is 4.79 Å². The number of carbonyl (C=O) groups excluding carboxylic acids is 1. The van der Waals surface area contributed by atoms with Crippen LogP contribution in [0.3, 0.4) is 0 Å². The maximum Gasteiger partial charge on any atom is 0.227 e. The van der Waals surface area contributed by atoms with Gasteiger partial charge in [-0.2, -0.15) is 0 Å². The second-order valence-electron chi connectivity index (χ2n) is 9.22. The maximum absolute atomic E-state index is 12.9. The Morgan fingerprint density at radius 2 is 1.76 bits per heavy atom.